The molecule has 0 aliphatic rings. The van der Waals surface area contributed by atoms with E-state index in [-0.39, 0.29) is 9.64 Å². The summed E-state index contributed by atoms with van der Waals surface area (Å²) in [5.41, 5.74) is 1.05. The van der Waals surface area contributed by atoms with E-state index in [4.69, 9.17) is 5.26 Å². The Morgan fingerprint density at radius 1 is 1.33 bits per heavy atom. The van der Waals surface area contributed by atoms with Crippen LogP contribution in [0.2, 0.25) is 0 Å². The van der Waals surface area contributed by atoms with Gasteiger partial charge in [-0.05, 0) is 49.8 Å². The Morgan fingerprint density at radius 2 is 1.95 bits per heavy atom. The van der Waals surface area contributed by atoms with Crippen LogP contribution in [0.4, 0.5) is 0 Å². The molecular formula is C15H22N2O2S2. The Bertz CT molecular complexity index is 621. The molecule has 0 fully saturated rings. The lowest BCUT2D eigenvalue weighted by atomic mass is 10.0. The molecule has 0 aliphatic heterocycles. The van der Waals surface area contributed by atoms with E-state index in [1.165, 1.54) is 12.1 Å². The first-order chi connectivity index (χ1) is 9.84. The minimum absolute atomic E-state index is 0.0758. The van der Waals surface area contributed by atoms with Gasteiger partial charge in [0, 0.05) is 11.3 Å². The maximum atomic E-state index is 12.4. The standard InChI is InChI=1S/C15H22N2O2S2/c1-5-15(6-2,20-4)11-17-21(18,19)14-8-7-13(10-16)9-12(14)3/h7-9,17H,5-6,11H2,1-4H3. The Balaban J connectivity index is 3.00. The van der Waals surface area contributed by atoms with Crippen molar-refractivity contribution >= 4 is 21.8 Å². The minimum Gasteiger partial charge on any atom is -0.210 e. The van der Waals surface area contributed by atoms with Crippen LogP contribution in [-0.4, -0.2) is 26.0 Å². The minimum atomic E-state index is -3.55. The number of aryl methyl sites for hydroxylation is 1. The highest BCUT2D eigenvalue weighted by Gasteiger charge is 2.28. The van der Waals surface area contributed by atoms with Gasteiger partial charge >= 0.3 is 0 Å². The highest BCUT2D eigenvalue weighted by atomic mass is 32.2. The van der Waals surface area contributed by atoms with Gasteiger partial charge in [0.1, 0.15) is 0 Å². The van der Waals surface area contributed by atoms with Gasteiger partial charge in [0.2, 0.25) is 10.0 Å². The summed E-state index contributed by atoms with van der Waals surface area (Å²) in [7, 11) is -3.55. The van der Waals surface area contributed by atoms with E-state index in [0.29, 0.717) is 17.7 Å². The smallest absolute Gasteiger partial charge is 0.210 e. The zero-order valence-electron chi connectivity index (χ0n) is 12.9. The molecule has 21 heavy (non-hydrogen) atoms. The molecule has 4 nitrogen and oxygen atoms in total. The predicted molar refractivity (Wildman–Crippen MR) is 87.9 cm³/mol. The van der Waals surface area contributed by atoms with Crippen LogP contribution >= 0.6 is 11.8 Å². The molecule has 0 saturated carbocycles. The van der Waals surface area contributed by atoms with Gasteiger partial charge in [-0.15, -0.1) is 0 Å². The lowest BCUT2D eigenvalue weighted by molar-refractivity contribution is 0.522. The third-order valence-corrected chi connectivity index (χ3v) is 7.05. The summed E-state index contributed by atoms with van der Waals surface area (Å²) in [5.74, 6) is 0. The summed E-state index contributed by atoms with van der Waals surface area (Å²) in [4.78, 5) is 0.240. The summed E-state index contributed by atoms with van der Waals surface area (Å²) < 4.78 is 27.5. The quantitative estimate of drug-likeness (QED) is 0.836. The molecule has 0 radical (unpaired) electrons. The molecule has 0 amide bonds. The van der Waals surface area contributed by atoms with Crippen molar-refractivity contribution in [2.24, 2.45) is 0 Å². The maximum absolute atomic E-state index is 12.4. The third kappa shape index (κ3) is 4.22. The molecule has 0 unspecified atom stereocenters. The van der Waals surface area contributed by atoms with Crippen LogP contribution < -0.4 is 4.72 Å². The molecule has 1 rings (SSSR count). The zero-order valence-corrected chi connectivity index (χ0v) is 14.6. The van der Waals surface area contributed by atoms with Crippen LogP contribution in [0.15, 0.2) is 23.1 Å². The Hall–Kier alpha value is -1.03. The van der Waals surface area contributed by atoms with E-state index in [1.54, 1.807) is 24.8 Å². The Morgan fingerprint density at radius 3 is 2.38 bits per heavy atom. The van der Waals surface area contributed by atoms with Crippen LogP contribution in [-0.2, 0) is 10.0 Å². The summed E-state index contributed by atoms with van der Waals surface area (Å²) in [6, 6.07) is 6.63. The summed E-state index contributed by atoms with van der Waals surface area (Å²) in [5, 5.41) is 8.84. The molecule has 6 heteroatoms. The lowest BCUT2D eigenvalue weighted by Gasteiger charge is -2.29. The predicted octanol–water partition coefficient (Wildman–Crippen LogP) is 3.07. The maximum Gasteiger partial charge on any atom is 0.240 e. The summed E-state index contributed by atoms with van der Waals surface area (Å²) in [6.07, 6.45) is 3.81. The van der Waals surface area contributed by atoms with E-state index < -0.39 is 10.0 Å². The molecule has 0 bridgehead atoms. The fraction of sp³-hybridized carbons (Fsp3) is 0.533. The van der Waals surface area contributed by atoms with Gasteiger partial charge in [0.05, 0.1) is 16.5 Å². The van der Waals surface area contributed by atoms with Crippen LogP contribution in [0.1, 0.15) is 37.8 Å². The van der Waals surface area contributed by atoms with Gasteiger partial charge in [0.15, 0.2) is 0 Å². The number of hydrogen-bond donors (Lipinski definition) is 1. The van der Waals surface area contributed by atoms with Gasteiger partial charge in [0.25, 0.3) is 0 Å². The van der Waals surface area contributed by atoms with Crippen molar-refractivity contribution in [1.29, 1.82) is 5.26 Å². The monoisotopic (exact) mass is 326 g/mol. The Labute approximate surface area is 132 Å². The number of nitriles is 1. The number of nitrogens with zero attached hydrogens (tertiary/aromatic N) is 1. The van der Waals surface area contributed by atoms with E-state index >= 15 is 0 Å². The van der Waals surface area contributed by atoms with Crippen molar-refractivity contribution in [3.63, 3.8) is 0 Å². The first-order valence-corrected chi connectivity index (χ1v) is 9.60. The highest BCUT2D eigenvalue weighted by Crippen LogP contribution is 2.30. The van der Waals surface area contributed by atoms with Crippen LogP contribution in [0, 0.1) is 18.3 Å². The number of sulfonamides is 1. The third-order valence-electron chi connectivity index (χ3n) is 3.90. The van der Waals surface area contributed by atoms with Gasteiger partial charge in [-0.25, -0.2) is 13.1 Å². The van der Waals surface area contributed by atoms with Crippen molar-refractivity contribution in [1.82, 2.24) is 4.72 Å². The normalized spacial score (nSPS) is 12.1. The number of hydrogen-bond acceptors (Lipinski definition) is 4. The van der Waals surface area contributed by atoms with Crippen LogP contribution in [0.3, 0.4) is 0 Å². The fourth-order valence-electron chi connectivity index (χ4n) is 2.19. The number of rotatable bonds is 7. The average molecular weight is 326 g/mol. The molecule has 0 saturated heterocycles. The largest absolute Gasteiger partial charge is 0.240 e. The lowest BCUT2D eigenvalue weighted by Crippen LogP contribution is -2.39. The van der Waals surface area contributed by atoms with E-state index in [9.17, 15) is 8.42 Å². The Kier molecular flexibility index (Phi) is 6.26. The highest BCUT2D eigenvalue weighted by molar-refractivity contribution is 8.00. The molecule has 116 valence electrons. The SMILES string of the molecule is CCC(CC)(CNS(=O)(=O)c1ccc(C#N)cc1C)SC. The second-order valence-corrected chi connectivity index (χ2v) is 8.02. The molecule has 1 aromatic carbocycles. The van der Waals surface area contributed by atoms with E-state index in [2.05, 4.69) is 18.6 Å². The summed E-state index contributed by atoms with van der Waals surface area (Å²) in [6.45, 7) is 6.25. The van der Waals surface area contributed by atoms with E-state index in [1.807, 2.05) is 12.3 Å². The van der Waals surface area contributed by atoms with Crippen molar-refractivity contribution in [3.8, 4) is 6.07 Å². The van der Waals surface area contributed by atoms with Gasteiger partial charge in [-0.2, -0.15) is 17.0 Å². The molecule has 0 heterocycles. The first-order valence-electron chi connectivity index (χ1n) is 6.89. The molecule has 0 aliphatic carbocycles. The van der Waals surface area contributed by atoms with Crippen molar-refractivity contribution in [3.05, 3.63) is 29.3 Å². The molecule has 1 N–H and O–H groups in total. The first kappa shape index (κ1) is 18.0. The zero-order chi connectivity index (χ0) is 16.1. The molecule has 0 spiro atoms. The van der Waals surface area contributed by atoms with Crippen molar-refractivity contribution in [2.45, 2.75) is 43.3 Å². The van der Waals surface area contributed by atoms with Gasteiger partial charge in [-0.1, -0.05) is 13.8 Å². The molecule has 1 aromatic rings. The van der Waals surface area contributed by atoms with Crippen molar-refractivity contribution in [2.75, 3.05) is 12.8 Å². The number of nitrogens with one attached hydrogen (secondary N) is 1. The average Bonchev–Trinajstić information content (AvgIpc) is 2.48. The molecule has 0 aromatic heterocycles. The fourth-order valence-corrected chi connectivity index (χ4v) is 4.42. The number of thioether (sulfide) groups is 1. The van der Waals surface area contributed by atoms with Crippen LogP contribution in [0.25, 0.3) is 0 Å². The van der Waals surface area contributed by atoms with Crippen molar-refractivity contribution < 1.29 is 8.42 Å². The second kappa shape index (κ2) is 7.30. The van der Waals surface area contributed by atoms with E-state index in [0.717, 1.165) is 12.8 Å². The topological polar surface area (TPSA) is 70.0 Å². The second-order valence-electron chi connectivity index (χ2n) is 5.01. The number of benzene rings is 1. The summed E-state index contributed by atoms with van der Waals surface area (Å²) >= 11 is 1.69. The molecule has 0 atom stereocenters. The van der Waals surface area contributed by atoms with Gasteiger partial charge in [-0.3, -0.25) is 0 Å². The molecular weight excluding hydrogens is 304 g/mol. The van der Waals surface area contributed by atoms with Crippen LogP contribution in [0.5, 0.6) is 0 Å². The van der Waals surface area contributed by atoms with Gasteiger partial charge < -0.3 is 0 Å².